The Balaban J connectivity index is 0.000000626. The minimum atomic E-state index is -0.448. The lowest BCUT2D eigenvalue weighted by atomic mass is 10.1. The number of nitrogens with zero attached hydrogens (tertiary/aromatic N) is 7. The third kappa shape index (κ3) is 10.4. The van der Waals surface area contributed by atoms with Gasteiger partial charge in [0.25, 0.3) is 23.6 Å². The molecular weight excluding hydrogens is 783 g/mol. The number of nitrogens with one attached hydrogen (secondary N) is 2. The zero-order chi connectivity index (χ0) is 43.8. The van der Waals surface area contributed by atoms with Gasteiger partial charge in [0, 0.05) is 74.4 Å². The summed E-state index contributed by atoms with van der Waals surface area (Å²) in [7, 11) is 4.09. The summed E-state index contributed by atoms with van der Waals surface area (Å²) >= 11 is 0. The van der Waals surface area contributed by atoms with Gasteiger partial charge in [0.2, 0.25) is 0 Å². The van der Waals surface area contributed by atoms with Crippen molar-refractivity contribution in [3.63, 3.8) is 0 Å². The van der Waals surface area contributed by atoms with Crippen molar-refractivity contribution in [2.45, 2.75) is 38.8 Å². The first kappa shape index (κ1) is 42.9. The predicted octanol–water partition coefficient (Wildman–Crippen LogP) is 7.87. The van der Waals surface area contributed by atoms with Gasteiger partial charge in [-0.1, -0.05) is 60.7 Å². The number of benzene rings is 4. The van der Waals surface area contributed by atoms with Crippen molar-refractivity contribution in [2.75, 3.05) is 50.9 Å². The van der Waals surface area contributed by atoms with E-state index >= 15 is 0 Å². The predicted molar refractivity (Wildman–Crippen MR) is 250 cm³/mol. The fraction of sp³-hybridized carbons (Fsp3) is 0.250. The molecule has 2 aliphatic heterocycles. The quantitative estimate of drug-likeness (QED) is 0.130. The van der Waals surface area contributed by atoms with Gasteiger partial charge < -0.3 is 30.4 Å². The fourth-order valence-corrected chi connectivity index (χ4v) is 7.24. The average Bonchev–Trinajstić information content (AvgIpc) is 3.98. The molecule has 0 aliphatic carbocycles. The Morgan fingerprint density at radius 2 is 1.03 bits per heavy atom. The number of amides is 4. The van der Waals surface area contributed by atoms with Crippen molar-refractivity contribution in [3.8, 4) is 22.5 Å². The van der Waals surface area contributed by atoms with Crippen molar-refractivity contribution in [1.82, 2.24) is 34.6 Å². The summed E-state index contributed by atoms with van der Waals surface area (Å²) in [6.07, 6.45) is 4.41. The molecule has 0 radical (unpaired) electrons. The minimum Gasteiger partial charge on any atom is -0.391 e. The van der Waals surface area contributed by atoms with E-state index in [1.807, 2.05) is 91.8 Å². The van der Waals surface area contributed by atoms with E-state index in [-0.39, 0.29) is 43.6 Å². The molecule has 6 aromatic rings. The smallest absolute Gasteiger partial charge is 0.276 e. The van der Waals surface area contributed by atoms with Crippen LogP contribution in [0.15, 0.2) is 122 Å². The van der Waals surface area contributed by atoms with Crippen LogP contribution in [0, 0.1) is 13.8 Å². The van der Waals surface area contributed by atoms with Gasteiger partial charge in [-0.2, -0.15) is 0 Å². The third-order valence-electron chi connectivity index (χ3n) is 10.9. The third-order valence-corrected chi connectivity index (χ3v) is 10.9. The molecule has 0 bridgehead atoms. The number of carbonyl (C=O) groups excluding carboxylic acids is 4. The molecule has 8 rings (SSSR count). The van der Waals surface area contributed by atoms with Gasteiger partial charge in [0.15, 0.2) is 0 Å². The number of β-amino-alcohol motifs (C(OH)–C–C–N with tert-alkyl or cyclic N) is 1. The molecule has 2 fully saturated rings. The van der Waals surface area contributed by atoms with Crippen LogP contribution in [0.3, 0.4) is 0 Å². The lowest BCUT2D eigenvalue weighted by molar-refractivity contribution is 0.0762. The van der Waals surface area contributed by atoms with Gasteiger partial charge in [0.05, 0.1) is 41.3 Å². The Kier molecular flexibility index (Phi) is 13.5. The highest BCUT2D eigenvalue weighted by atomic mass is 16.3. The number of anilines is 2. The van der Waals surface area contributed by atoms with E-state index in [1.165, 1.54) is 0 Å². The zero-order valence-electron chi connectivity index (χ0n) is 35.2. The Morgan fingerprint density at radius 1 is 0.613 bits per heavy atom. The van der Waals surface area contributed by atoms with Gasteiger partial charge in [-0.15, -0.1) is 0 Å². The lowest BCUT2D eigenvalue weighted by Gasteiger charge is -2.20. The molecule has 14 heteroatoms. The summed E-state index contributed by atoms with van der Waals surface area (Å²) < 4.78 is 0. The van der Waals surface area contributed by atoms with Crippen LogP contribution in [-0.4, -0.2) is 116 Å². The molecular formula is C48H61N9O5. The first-order valence-corrected chi connectivity index (χ1v) is 20.5. The number of aromatic nitrogens is 4. The van der Waals surface area contributed by atoms with Crippen LogP contribution in [-0.2, 0) is 0 Å². The Labute approximate surface area is 369 Å². The zero-order valence-corrected chi connectivity index (χ0v) is 35.2. The number of aryl methyl sites for hydroxylation is 2. The minimum absolute atomic E-state index is 0. The van der Waals surface area contributed by atoms with Gasteiger partial charge in [-0.3, -0.25) is 29.1 Å². The molecule has 4 heterocycles. The lowest BCUT2D eigenvalue weighted by Crippen LogP contribution is -2.34. The van der Waals surface area contributed by atoms with Crippen LogP contribution in [0.25, 0.3) is 22.5 Å². The number of aliphatic hydroxyl groups excluding tert-OH is 1. The number of likely N-dealkylation sites (tertiary alicyclic amines) is 2. The maximum absolute atomic E-state index is 12.9. The molecule has 3 N–H and O–H groups in total. The second kappa shape index (κ2) is 19.5. The summed E-state index contributed by atoms with van der Waals surface area (Å²) in [5, 5.41) is 15.3. The summed E-state index contributed by atoms with van der Waals surface area (Å²) in [6.45, 7) is 5.94. The molecule has 2 aliphatic rings. The molecule has 62 heavy (non-hydrogen) atoms. The number of carbonyl (C=O) groups is 4. The number of hydrogen-bond acceptors (Lipinski definition) is 10. The number of likely N-dealkylation sites (N-methyl/N-ethyl adjacent to an activating group) is 1. The van der Waals surface area contributed by atoms with Gasteiger partial charge >= 0.3 is 0 Å². The maximum Gasteiger partial charge on any atom is 0.276 e. The van der Waals surface area contributed by atoms with Crippen LogP contribution in [0.4, 0.5) is 11.4 Å². The number of rotatable bonds is 9. The summed E-state index contributed by atoms with van der Waals surface area (Å²) in [5.74, 6) is -0.693. The summed E-state index contributed by atoms with van der Waals surface area (Å²) in [6, 6.07) is 33.2. The second-order valence-electron chi connectivity index (χ2n) is 15.5. The van der Waals surface area contributed by atoms with E-state index < -0.39 is 6.10 Å². The molecule has 0 saturated carbocycles. The van der Waals surface area contributed by atoms with E-state index in [2.05, 4.69) is 35.5 Å². The van der Waals surface area contributed by atoms with Gasteiger partial charge in [0.1, 0.15) is 11.4 Å². The monoisotopic (exact) mass is 843 g/mol. The molecule has 1 unspecified atom stereocenters. The van der Waals surface area contributed by atoms with Gasteiger partial charge in [-0.25, -0.2) is 9.97 Å². The highest BCUT2D eigenvalue weighted by Crippen LogP contribution is 2.23. The highest BCUT2D eigenvalue weighted by Gasteiger charge is 2.28. The Hall–Kier alpha value is -7.16. The van der Waals surface area contributed by atoms with Crippen LogP contribution in [0.5, 0.6) is 0 Å². The van der Waals surface area contributed by atoms with E-state index in [1.54, 1.807) is 67.5 Å². The normalized spacial score (nSPS) is 15.8. The largest absolute Gasteiger partial charge is 0.391 e. The standard InChI is InChI=1S/C25H27N5O2.C23H22N4O3.6H2/c1-17-23(24(31)27-20-7-5-4-6-8-20)28-22(15-26-17)18-9-11-19(12-10-18)25(32)30-14-13-21(16-30)29(2)3;1-15-21(22(29)25-18-5-3-2-4-6-18)26-20(13-24-15)16-7-9-17(10-8-16)23(30)27-12-11-19(28)14-27;;;;;;/h4-12,15,21H,13-14,16H2,1-3H3,(H,27,31);2-10,13,19,28H,11-12,14H2,1H3,(H,25,29);6*1H/t21-;;;;;;;/m1......./s1. The summed E-state index contributed by atoms with van der Waals surface area (Å²) in [4.78, 5) is 74.2. The second-order valence-corrected chi connectivity index (χ2v) is 15.5. The van der Waals surface area contributed by atoms with Crippen molar-refractivity contribution in [1.29, 1.82) is 0 Å². The molecule has 328 valence electrons. The first-order valence-electron chi connectivity index (χ1n) is 20.5. The SMILES string of the molecule is Cc1ncc(-c2ccc(C(=O)N3CCC(O)C3)cc2)nc1C(=O)Nc1ccccc1.Cc1ncc(-c2ccc(C(=O)N3CC[C@@H](N(C)C)C3)cc2)nc1C(=O)Nc1ccccc1.[HH].[HH].[HH].[HH].[HH].[HH]. The molecule has 2 saturated heterocycles. The van der Waals surface area contributed by atoms with E-state index in [0.717, 1.165) is 30.6 Å². The molecule has 2 aromatic heterocycles. The topological polar surface area (TPSA) is 174 Å². The first-order chi connectivity index (χ1) is 29.9. The molecule has 0 spiro atoms. The number of hydrogen-bond donors (Lipinski definition) is 3. The number of aliphatic hydroxyl groups is 1. The van der Waals surface area contributed by atoms with Crippen molar-refractivity contribution < 1.29 is 32.8 Å². The molecule has 4 aromatic carbocycles. The van der Waals surface area contributed by atoms with Crippen molar-refractivity contribution in [2.24, 2.45) is 0 Å². The highest BCUT2D eigenvalue weighted by molar-refractivity contribution is 6.04. The van der Waals surface area contributed by atoms with Crippen molar-refractivity contribution in [3.05, 3.63) is 155 Å². The van der Waals surface area contributed by atoms with Gasteiger partial charge in [-0.05, 0) is 89.3 Å². The average molecular weight is 844 g/mol. The van der Waals surface area contributed by atoms with Crippen LogP contribution >= 0.6 is 0 Å². The Morgan fingerprint density at radius 3 is 1.42 bits per heavy atom. The van der Waals surface area contributed by atoms with Crippen molar-refractivity contribution >= 4 is 35.0 Å². The van der Waals surface area contributed by atoms with E-state index in [9.17, 15) is 24.3 Å². The molecule has 4 amide bonds. The van der Waals surface area contributed by atoms with E-state index in [4.69, 9.17) is 0 Å². The maximum atomic E-state index is 12.9. The molecule has 14 nitrogen and oxygen atoms in total. The van der Waals surface area contributed by atoms with Crippen LogP contribution < -0.4 is 10.6 Å². The fourth-order valence-electron chi connectivity index (χ4n) is 7.24. The molecule has 2 atom stereocenters. The van der Waals surface area contributed by atoms with Crippen LogP contribution in [0.1, 0.15) is 74.5 Å². The summed E-state index contributed by atoms with van der Waals surface area (Å²) in [5.41, 5.74) is 6.89. The number of para-hydroxylation sites is 2. The Bertz CT molecular complexity index is 2560. The van der Waals surface area contributed by atoms with E-state index in [0.29, 0.717) is 70.8 Å². The van der Waals surface area contributed by atoms with Crippen LogP contribution in [0.2, 0.25) is 0 Å².